The molecule has 1 aromatic carbocycles. The number of thioether (sulfide) groups is 1. The minimum absolute atomic E-state index is 0.00435. The van der Waals surface area contributed by atoms with E-state index < -0.39 is 17.9 Å². The molecule has 5 nitrogen and oxygen atoms in total. The largest absolute Gasteiger partial charge is 0.513 e. The highest BCUT2D eigenvalue weighted by molar-refractivity contribution is 7.99. The monoisotopic (exact) mass is 549 g/mol. The number of benzene rings is 1. The smallest absolute Gasteiger partial charge is 0.434 e. The summed E-state index contributed by atoms with van der Waals surface area (Å²) in [6.45, 7) is 9.92. The third kappa shape index (κ3) is 7.18. The van der Waals surface area contributed by atoms with Crippen LogP contribution in [0.25, 0.3) is 5.57 Å². The summed E-state index contributed by atoms with van der Waals surface area (Å²) in [5.74, 6) is 0.673. The molecule has 1 aliphatic carbocycles. The van der Waals surface area contributed by atoms with Crippen LogP contribution in [-0.4, -0.2) is 29.3 Å². The Balaban J connectivity index is 1.89. The number of ether oxygens (including phenoxy) is 2. The predicted molar refractivity (Wildman–Crippen MR) is 142 cm³/mol. The summed E-state index contributed by atoms with van der Waals surface area (Å²) in [6, 6.07) is 6.51. The highest BCUT2D eigenvalue weighted by atomic mass is 32.2. The van der Waals surface area contributed by atoms with Gasteiger partial charge < -0.3 is 9.47 Å². The Bertz CT molecular complexity index is 1170. The van der Waals surface area contributed by atoms with Crippen molar-refractivity contribution in [3.05, 3.63) is 64.0 Å². The first-order valence-corrected chi connectivity index (χ1v) is 13.9. The highest BCUT2D eigenvalue weighted by Gasteiger charge is 2.36. The number of aryl methyl sites for hydroxylation is 3. The zero-order valence-corrected chi connectivity index (χ0v) is 23.2. The van der Waals surface area contributed by atoms with Gasteiger partial charge in [0, 0.05) is 24.8 Å². The van der Waals surface area contributed by atoms with Crippen molar-refractivity contribution in [2.75, 3.05) is 12.4 Å². The Morgan fingerprint density at radius 2 is 1.79 bits per heavy atom. The Labute approximate surface area is 226 Å². The number of rotatable bonds is 9. The number of hydrogen-bond acceptors (Lipinski definition) is 6. The van der Waals surface area contributed by atoms with Gasteiger partial charge in [-0.2, -0.15) is 13.2 Å². The average molecular weight is 550 g/mol. The van der Waals surface area contributed by atoms with Crippen LogP contribution in [0.4, 0.5) is 18.0 Å². The van der Waals surface area contributed by atoms with Gasteiger partial charge in [0.05, 0.1) is 22.8 Å². The minimum Gasteiger partial charge on any atom is -0.434 e. The molecule has 0 spiro atoms. The van der Waals surface area contributed by atoms with E-state index >= 15 is 0 Å². The van der Waals surface area contributed by atoms with Crippen molar-refractivity contribution in [3.63, 3.8) is 0 Å². The van der Waals surface area contributed by atoms with Crippen LogP contribution >= 0.6 is 11.8 Å². The lowest BCUT2D eigenvalue weighted by Gasteiger charge is -2.31. The second kappa shape index (κ2) is 12.8. The van der Waals surface area contributed by atoms with E-state index in [2.05, 4.69) is 17.1 Å². The summed E-state index contributed by atoms with van der Waals surface area (Å²) < 4.78 is 49.2. The van der Waals surface area contributed by atoms with Gasteiger partial charge in [-0.1, -0.05) is 38.5 Å². The maximum Gasteiger partial charge on any atom is 0.513 e. The fraction of sp³-hybridized carbons (Fsp3) is 0.483. The van der Waals surface area contributed by atoms with Crippen molar-refractivity contribution in [2.45, 2.75) is 71.5 Å². The third-order valence-electron chi connectivity index (χ3n) is 6.74. The van der Waals surface area contributed by atoms with Crippen LogP contribution in [0.3, 0.4) is 0 Å². The van der Waals surface area contributed by atoms with Gasteiger partial charge in [0.2, 0.25) is 0 Å². The van der Waals surface area contributed by atoms with Crippen molar-refractivity contribution >= 4 is 29.3 Å². The number of Topliss-reactive ketones (excluding diaryl/α,β-unsaturated/α-hetero) is 1. The minimum atomic E-state index is -4.43. The van der Waals surface area contributed by atoms with Crippen LogP contribution in [-0.2, 0) is 33.3 Å². The number of aromatic nitrogens is 1. The van der Waals surface area contributed by atoms with Crippen molar-refractivity contribution in [2.24, 2.45) is 11.8 Å². The summed E-state index contributed by atoms with van der Waals surface area (Å²) in [4.78, 5) is 30.0. The first kappa shape index (κ1) is 29.7. The van der Waals surface area contributed by atoms with E-state index in [1.54, 1.807) is 6.92 Å². The molecule has 38 heavy (non-hydrogen) atoms. The molecule has 0 amide bonds. The number of pyridine rings is 1. The molecular formula is C29H34F3NO4S. The van der Waals surface area contributed by atoms with E-state index in [0.717, 1.165) is 47.4 Å². The number of hydrogen-bond donors (Lipinski definition) is 0. The molecule has 0 aliphatic heterocycles. The van der Waals surface area contributed by atoms with Crippen molar-refractivity contribution in [1.82, 2.24) is 4.98 Å². The molecule has 2 atom stereocenters. The standard InChI is InChI=1S/C29H34F3NO4S/c1-6-19-11-17(4)12-20(7-2)26(19)27-23(34)13-21(14-24(27)37-28(35)36-8-3)18(5)16-38-25-10-9-22(15-33-25)29(30,31)32/h9-12,15,18,21H,6-8,13-14,16H2,1-5H3. The van der Waals surface area contributed by atoms with E-state index in [1.807, 2.05) is 27.7 Å². The molecule has 0 bridgehead atoms. The van der Waals surface area contributed by atoms with E-state index in [9.17, 15) is 22.8 Å². The third-order valence-corrected chi connectivity index (χ3v) is 7.97. The first-order valence-electron chi connectivity index (χ1n) is 12.9. The molecular weight excluding hydrogens is 515 g/mol. The van der Waals surface area contributed by atoms with E-state index in [0.29, 0.717) is 28.5 Å². The fourth-order valence-electron chi connectivity index (χ4n) is 4.74. The first-order chi connectivity index (χ1) is 18.0. The summed E-state index contributed by atoms with van der Waals surface area (Å²) in [5.41, 5.74) is 3.68. The van der Waals surface area contributed by atoms with Crippen molar-refractivity contribution < 1.29 is 32.2 Å². The molecule has 1 aromatic heterocycles. The van der Waals surface area contributed by atoms with Gasteiger partial charge in [-0.05, 0) is 67.3 Å². The molecule has 3 rings (SSSR count). The molecule has 1 aliphatic rings. The molecule has 0 N–H and O–H groups in total. The van der Waals surface area contributed by atoms with Gasteiger partial charge in [0.25, 0.3) is 0 Å². The van der Waals surface area contributed by atoms with Crippen molar-refractivity contribution in [3.8, 4) is 0 Å². The van der Waals surface area contributed by atoms with E-state index in [1.165, 1.54) is 17.8 Å². The molecule has 9 heteroatoms. The van der Waals surface area contributed by atoms with Gasteiger partial charge in [0.15, 0.2) is 5.78 Å². The van der Waals surface area contributed by atoms with Gasteiger partial charge in [-0.25, -0.2) is 9.78 Å². The van der Waals surface area contributed by atoms with Crippen molar-refractivity contribution in [1.29, 1.82) is 0 Å². The quantitative estimate of drug-likeness (QED) is 0.235. The molecule has 1 heterocycles. The molecule has 0 radical (unpaired) electrons. The second-order valence-corrected chi connectivity index (χ2v) is 10.6. The lowest BCUT2D eigenvalue weighted by Crippen LogP contribution is -2.27. The number of carbonyl (C=O) groups is 2. The maximum atomic E-state index is 13.7. The zero-order valence-electron chi connectivity index (χ0n) is 22.4. The summed E-state index contributed by atoms with van der Waals surface area (Å²) in [7, 11) is 0. The topological polar surface area (TPSA) is 65.5 Å². The molecule has 2 unspecified atom stereocenters. The Hall–Kier alpha value is -2.81. The normalized spacial score (nSPS) is 16.9. The van der Waals surface area contributed by atoms with Crippen LogP contribution < -0.4 is 0 Å². The average Bonchev–Trinajstić information content (AvgIpc) is 2.86. The summed E-state index contributed by atoms with van der Waals surface area (Å²) in [6.07, 6.45) is -2.33. The number of carbonyl (C=O) groups excluding carboxylic acids is 2. The molecule has 206 valence electrons. The Kier molecular flexibility index (Phi) is 10.0. The van der Waals surface area contributed by atoms with E-state index in [-0.39, 0.29) is 30.6 Å². The highest BCUT2D eigenvalue weighted by Crippen LogP contribution is 2.41. The van der Waals surface area contributed by atoms with Crippen LogP contribution in [0.15, 0.2) is 41.2 Å². The SMILES string of the molecule is CCOC(=O)OC1=C(c2c(CC)cc(C)cc2CC)C(=O)CC(C(C)CSc2ccc(C(F)(F)F)cn2)C1. The zero-order chi connectivity index (χ0) is 28.0. The number of allylic oxidation sites excluding steroid dienone is 2. The second-order valence-electron chi connectivity index (χ2n) is 9.51. The molecule has 2 aromatic rings. The van der Waals surface area contributed by atoms with Gasteiger partial charge >= 0.3 is 12.3 Å². The van der Waals surface area contributed by atoms with Gasteiger partial charge in [0.1, 0.15) is 5.76 Å². The predicted octanol–water partition coefficient (Wildman–Crippen LogP) is 7.83. The summed E-state index contributed by atoms with van der Waals surface area (Å²) >= 11 is 1.34. The van der Waals surface area contributed by atoms with Crippen LogP contribution in [0.1, 0.15) is 68.4 Å². The summed E-state index contributed by atoms with van der Waals surface area (Å²) in [5, 5.41) is 0.478. The van der Waals surface area contributed by atoms with Gasteiger partial charge in [-0.15, -0.1) is 11.8 Å². The maximum absolute atomic E-state index is 13.7. The van der Waals surface area contributed by atoms with Gasteiger partial charge in [-0.3, -0.25) is 4.79 Å². The Morgan fingerprint density at radius 1 is 1.13 bits per heavy atom. The van der Waals surface area contributed by atoms with E-state index in [4.69, 9.17) is 9.47 Å². The number of ketones is 1. The fourth-order valence-corrected chi connectivity index (χ4v) is 5.73. The molecule has 0 saturated carbocycles. The molecule has 0 saturated heterocycles. The molecule has 0 fully saturated rings. The lowest BCUT2D eigenvalue weighted by molar-refractivity contribution is -0.137. The Morgan fingerprint density at radius 3 is 2.32 bits per heavy atom. The number of nitrogens with zero attached hydrogens (tertiary/aromatic N) is 1. The lowest BCUT2D eigenvalue weighted by atomic mass is 9.76. The number of halogens is 3. The number of alkyl halides is 3. The van der Waals surface area contributed by atoms with Crippen LogP contribution in [0.2, 0.25) is 0 Å². The van der Waals surface area contributed by atoms with Crippen LogP contribution in [0, 0.1) is 18.8 Å². The van der Waals surface area contributed by atoms with Crippen LogP contribution in [0.5, 0.6) is 0 Å².